The minimum Gasteiger partial charge on any atom is -0.464 e. The van der Waals surface area contributed by atoms with Crippen molar-refractivity contribution in [3.8, 4) is 0 Å². The molecule has 8 nitrogen and oxygen atoms in total. The molecule has 0 unspecified atom stereocenters. The number of aromatic nitrogens is 1. The summed E-state index contributed by atoms with van der Waals surface area (Å²) in [5.74, 6) is -2.68. The highest BCUT2D eigenvalue weighted by molar-refractivity contribution is 6.31. The normalized spacial score (nSPS) is 10.3. The molecule has 1 heterocycles. The van der Waals surface area contributed by atoms with Gasteiger partial charge in [-0.3, -0.25) is 14.9 Å². The molecule has 1 aromatic heterocycles. The van der Waals surface area contributed by atoms with Gasteiger partial charge in [-0.05, 0) is 6.07 Å². The van der Waals surface area contributed by atoms with E-state index in [9.17, 15) is 33.6 Å². The summed E-state index contributed by atoms with van der Waals surface area (Å²) < 4.78 is 26.8. The molecule has 2 rings (SSSR count). The number of halogens is 3. The van der Waals surface area contributed by atoms with Crippen molar-refractivity contribution in [3.63, 3.8) is 0 Å². The van der Waals surface area contributed by atoms with Crippen molar-refractivity contribution < 1.29 is 28.4 Å². The lowest BCUT2D eigenvalue weighted by Crippen LogP contribution is -2.27. The molecule has 0 fully saturated rings. The molecule has 124 valence electrons. The van der Waals surface area contributed by atoms with E-state index in [0.29, 0.717) is 24.4 Å². The van der Waals surface area contributed by atoms with Crippen LogP contribution in [0, 0.1) is 21.7 Å². The lowest BCUT2D eigenvalue weighted by Gasteiger charge is -2.19. The first-order valence-corrected chi connectivity index (χ1v) is 6.41. The van der Waals surface area contributed by atoms with Crippen molar-refractivity contribution in [2.45, 2.75) is 0 Å². The molecule has 0 aliphatic heterocycles. The van der Waals surface area contributed by atoms with Crippen molar-refractivity contribution in [3.05, 3.63) is 56.7 Å². The van der Waals surface area contributed by atoms with Gasteiger partial charge < -0.3 is 5.11 Å². The first-order valence-electron chi connectivity index (χ1n) is 6.03. The van der Waals surface area contributed by atoms with Crippen molar-refractivity contribution in [1.29, 1.82) is 0 Å². The minimum absolute atomic E-state index is 0.111. The molecule has 2 aromatic rings. The SMILES string of the molecule is O=Cc1cc(F)cnc1N(C(=O)O)c1cc(F)c(Cl)cc1[N+](=O)[O-]. The first-order chi connectivity index (χ1) is 11.3. The van der Waals surface area contributed by atoms with Gasteiger partial charge in [-0.25, -0.2) is 23.5 Å². The van der Waals surface area contributed by atoms with Gasteiger partial charge in [0.05, 0.1) is 21.7 Å². The molecule has 0 radical (unpaired) electrons. The zero-order chi connectivity index (χ0) is 18.0. The molecule has 1 N–H and O–H groups in total. The summed E-state index contributed by atoms with van der Waals surface area (Å²) in [7, 11) is 0. The summed E-state index contributed by atoms with van der Waals surface area (Å²) >= 11 is 5.47. The predicted molar refractivity (Wildman–Crippen MR) is 77.8 cm³/mol. The van der Waals surface area contributed by atoms with Crippen LogP contribution in [0.25, 0.3) is 0 Å². The molecule has 1 aromatic carbocycles. The van der Waals surface area contributed by atoms with Crippen LogP contribution in [-0.2, 0) is 0 Å². The molecule has 0 atom stereocenters. The van der Waals surface area contributed by atoms with E-state index in [1.54, 1.807) is 0 Å². The number of aldehydes is 1. The van der Waals surface area contributed by atoms with E-state index in [4.69, 9.17) is 11.6 Å². The number of nitro benzene ring substituents is 1. The number of rotatable bonds is 4. The minimum atomic E-state index is -1.80. The van der Waals surface area contributed by atoms with Crippen LogP contribution in [0.5, 0.6) is 0 Å². The second kappa shape index (κ2) is 6.54. The third-order valence-electron chi connectivity index (χ3n) is 2.85. The number of hydrogen-bond acceptors (Lipinski definition) is 5. The lowest BCUT2D eigenvalue weighted by atomic mass is 10.2. The Labute approximate surface area is 137 Å². The molecule has 0 saturated carbocycles. The van der Waals surface area contributed by atoms with E-state index in [1.165, 1.54) is 0 Å². The molecule has 24 heavy (non-hydrogen) atoms. The largest absolute Gasteiger partial charge is 0.464 e. The van der Waals surface area contributed by atoms with Gasteiger partial charge in [-0.1, -0.05) is 11.6 Å². The lowest BCUT2D eigenvalue weighted by molar-refractivity contribution is -0.384. The van der Waals surface area contributed by atoms with Gasteiger partial charge >= 0.3 is 6.09 Å². The van der Waals surface area contributed by atoms with Gasteiger partial charge in [0.2, 0.25) is 0 Å². The van der Waals surface area contributed by atoms with Gasteiger partial charge in [0.25, 0.3) is 5.69 Å². The molecular weight excluding hydrogens is 352 g/mol. The molecule has 0 aliphatic carbocycles. The van der Waals surface area contributed by atoms with Crippen LogP contribution in [0.4, 0.5) is 30.8 Å². The maximum Gasteiger partial charge on any atom is 0.417 e. The van der Waals surface area contributed by atoms with E-state index in [-0.39, 0.29) is 11.2 Å². The summed E-state index contributed by atoms with van der Waals surface area (Å²) in [6.45, 7) is 0. The Morgan fingerprint density at radius 3 is 2.58 bits per heavy atom. The zero-order valence-electron chi connectivity index (χ0n) is 11.4. The van der Waals surface area contributed by atoms with Crippen molar-refractivity contribution in [2.75, 3.05) is 4.90 Å². The predicted octanol–water partition coefficient (Wildman–Crippen LogP) is 3.55. The summed E-state index contributed by atoms with van der Waals surface area (Å²) in [4.78, 5) is 36.3. The molecule has 11 heteroatoms. The number of anilines is 2. The highest BCUT2D eigenvalue weighted by atomic mass is 35.5. The summed E-state index contributed by atoms with van der Waals surface area (Å²) in [6.07, 6.45) is -1.09. The molecule has 1 amide bonds. The van der Waals surface area contributed by atoms with E-state index in [0.717, 1.165) is 0 Å². The molecular formula is C13H6ClF2N3O5. The van der Waals surface area contributed by atoms with Crippen LogP contribution in [0.2, 0.25) is 5.02 Å². The van der Waals surface area contributed by atoms with Crippen LogP contribution in [0.1, 0.15) is 10.4 Å². The number of nitrogens with zero attached hydrogens (tertiary/aromatic N) is 3. The van der Waals surface area contributed by atoms with Crippen molar-refractivity contribution >= 4 is 41.2 Å². The Hall–Kier alpha value is -3.14. The summed E-state index contributed by atoms with van der Waals surface area (Å²) in [5, 5.41) is 19.8. The highest BCUT2D eigenvalue weighted by Gasteiger charge is 2.30. The van der Waals surface area contributed by atoms with Crippen LogP contribution in [0.15, 0.2) is 24.4 Å². The third-order valence-corrected chi connectivity index (χ3v) is 3.14. The molecule has 0 aliphatic rings. The number of hydrogen-bond donors (Lipinski definition) is 1. The smallest absolute Gasteiger partial charge is 0.417 e. The summed E-state index contributed by atoms with van der Waals surface area (Å²) in [6, 6.07) is 1.81. The Morgan fingerprint density at radius 1 is 1.38 bits per heavy atom. The van der Waals surface area contributed by atoms with Crippen molar-refractivity contribution in [1.82, 2.24) is 4.98 Å². The van der Waals surface area contributed by atoms with Crippen molar-refractivity contribution in [2.24, 2.45) is 0 Å². The Morgan fingerprint density at radius 2 is 2.04 bits per heavy atom. The van der Waals surface area contributed by atoms with Gasteiger partial charge in [-0.2, -0.15) is 0 Å². The molecule has 0 bridgehead atoms. The average molecular weight is 358 g/mol. The number of carbonyl (C=O) groups is 2. The van der Waals surface area contributed by atoms with E-state index in [2.05, 4.69) is 4.98 Å². The number of pyridine rings is 1. The quantitative estimate of drug-likeness (QED) is 0.508. The van der Waals surface area contributed by atoms with Gasteiger partial charge in [0.15, 0.2) is 12.1 Å². The summed E-state index contributed by atoms with van der Waals surface area (Å²) in [5.41, 5.74) is -2.08. The second-order valence-corrected chi connectivity index (χ2v) is 4.72. The number of nitro groups is 1. The topological polar surface area (TPSA) is 114 Å². The number of carbonyl (C=O) groups excluding carboxylic acids is 1. The van der Waals surface area contributed by atoms with Gasteiger partial charge in [0.1, 0.15) is 17.3 Å². The number of carboxylic acid groups (broad SMARTS) is 1. The fourth-order valence-electron chi connectivity index (χ4n) is 1.88. The maximum atomic E-state index is 13.7. The van der Waals surface area contributed by atoms with E-state index in [1.807, 2.05) is 0 Å². The van der Waals surface area contributed by atoms with Crippen LogP contribution < -0.4 is 4.90 Å². The van der Waals surface area contributed by atoms with Gasteiger partial charge in [0, 0.05) is 12.1 Å². The standard InChI is InChI=1S/C13H6ClF2N3O5/c14-8-2-11(19(23)24)10(3-9(8)16)18(13(21)22)12-6(5-20)1-7(15)4-17-12/h1-5H,(H,21,22). The Bertz CT molecular complexity index is 862. The highest BCUT2D eigenvalue weighted by Crippen LogP contribution is 2.37. The Kier molecular flexibility index (Phi) is 4.69. The van der Waals surface area contributed by atoms with Gasteiger partial charge in [-0.15, -0.1) is 0 Å². The second-order valence-electron chi connectivity index (χ2n) is 4.31. The van der Waals surface area contributed by atoms with Crippen LogP contribution in [0.3, 0.4) is 0 Å². The molecule has 0 spiro atoms. The first kappa shape index (κ1) is 17.2. The van der Waals surface area contributed by atoms with E-state index >= 15 is 0 Å². The van der Waals surface area contributed by atoms with E-state index < -0.39 is 50.4 Å². The van der Waals surface area contributed by atoms with Crippen LogP contribution >= 0.6 is 11.6 Å². The third kappa shape index (κ3) is 3.13. The fourth-order valence-corrected chi connectivity index (χ4v) is 2.04. The maximum absolute atomic E-state index is 13.7. The average Bonchev–Trinajstić information content (AvgIpc) is 2.51. The zero-order valence-corrected chi connectivity index (χ0v) is 12.2. The Balaban J connectivity index is 2.79. The fraction of sp³-hybridized carbons (Fsp3) is 0. The number of amides is 1. The van der Waals surface area contributed by atoms with Crippen LogP contribution in [-0.4, -0.2) is 27.4 Å². The monoisotopic (exact) mass is 357 g/mol. The molecule has 0 saturated heterocycles. The number of benzene rings is 1.